The Labute approximate surface area is 114 Å². The molecule has 0 aromatic heterocycles. The highest BCUT2D eigenvalue weighted by Gasteiger charge is 2.50. The Morgan fingerprint density at radius 3 is 2.21 bits per heavy atom. The number of hydrogen-bond acceptors (Lipinski definition) is 2. The first-order valence-corrected chi connectivity index (χ1v) is 7.19. The largest absolute Gasteiger partial charge is 0.481 e. The average molecular weight is 268 g/mol. The lowest BCUT2D eigenvalue weighted by molar-refractivity contribution is -0.143. The minimum Gasteiger partial charge on any atom is -0.481 e. The highest BCUT2D eigenvalue weighted by molar-refractivity contribution is 5.80. The maximum Gasteiger partial charge on any atom is 0.315 e. The molecule has 2 aliphatic rings. The SMILES string of the molecule is CC1CC(C)CC(NC(=O)NCC2(C(=O)O)CC2)C1. The van der Waals surface area contributed by atoms with Gasteiger partial charge in [-0.15, -0.1) is 0 Å². The summed E-state index contributed by atoms with van der Waals surface area (Å²) in [5.41, 5.74) is -0.690. The molecule has 2 atom stereocenters. The Morgan fingerprint density at radius 2 is 1.74 bits per heavy atom. The van der Waals surface area contributed by atoms with Gasteiger partial charge in [-0.2, -0.15) is 0 Å². The summed E-state index contributed by atoms with van der Waals surface area (Å²) in [6.45, 7) is 4.67. The van der Waals surface area contributed by atoms with Gasteiger partial charge in [-0.25, -0.2) is 4.79 Å². The molecular weight excluding hydrogens is 244 g/mol. The van der Waals surface area contributed by atoms with Crippen LogP contribution >= 0.6 is 0 Å². The smallest absolute Gasteiger partial charge is 0.315 e. The van der Waals surface area contributed by atoms with Crippen LogP contribution in [-0.4, -0.2) is 29.7 Å². The average Bonchev–Trinajstić information content (AvgIpc) is 3.05. The van der Waals surface area contributed by atoms with Crippen LogP contribution in [-0.2, 0) is 4.79 Å². The minimum absolute atomic E-state index is 0.221. The number of carboxylic acid groups (broad SMARTS) is 1. The molecule has 0 aromatic rings. The molecule has 5 nitrogen and oxygen atoms in total. The van der Waals surface area contributed by atoms with E-state index >= 15 is 0 Å². The fourth-order valence-electron chi connectivity index (χ4n) is 3.17. The third-order valence-corrected chi connectivity index (χ3v) is 4.41. The highest BCUT2D eigenvalue weighted by atomic mass is 16.4. The molecule has 2 saturated carbocycles. The van der Waals surface area contributed by atoms with Crippen LogP contribution in [0.4, 0.5) is 4.79 Å². The van der Waals surface area contributed by atoms with Crippen molar-refractivity contribution in [3.8, 4) is 0 Å². The molecule has 2 rings (SSSR count). The van der Waals surface area contributed by atoms with Crippen LogP contribution in [0.25, 0.3) is 0 Å². The molecule has 0 aromatic carbocycles. The second kappa shape index (κ2) is 5.39. The molecule has 0 spiro atoms. The van der Waals surface area contributed by atoms with Gasteiger partial charge >= 0.3 is 12.0 Å². The maximum absolute atomic E-state index is 11.8. The number of rotatable bonds is 4. The highest BCUT2D eigenvalue weighted by Crippen LogP contribution is 2.45. The van der Waals surface area contributed by atoms with E-state index in [4.69, 9.17) is 5.11 Å². The van der Waals surface area contributed by atoms with Crippen LogP contribution in [0.15, 0.2) is 0 Å². The maximum atomic E-state index is 11.8. The van der Waals surface area contributed by atoms with E-state index in [2.05, 4.69) is 24.5 Å². The van der Waals surface area contributed by atoms with Gasteiger partial charge in [0.05, 0.1) is 5.41 Å². The van der Waals surface area contributed by atoms with Crippen molar-refractivity contribution in [1.82, 2.24) is 10.6 Å². The normalized spacial score (nSPS) is 32.4. The summed E-state index contributed by atoms with van der Waals surface area (Å²) in [6, 6.07) is -0.00226. The minimum atomic E-state index is -0.798. The summed E-state index contributed by atoms with van der Waals surface area (Å²) in [4.78, 5) is 22.8. The molecule has 108 valence electrons. The molecule has 5 heteroatoms. The third-order valence-electron chi connectivity index (χ3n) is 4.41. The Kier molecular flexibility index (Phi) is 4.02. The number of aliphatic carboxylic acids is 1. The molecule has 2 amide bonds. The zero-order valence-electron chi connectivity index (χ0n) is 11.7. The third kappa shape index (κ3) is 3.61. The monoisotopic (exact) mass is 268 g/mol. The number of carbonyl (C=O) groups excluding carboxylic acids is 1. The van der Waals surface area contributed by atoms with E-state index < -0.39 is 11.4 Å². The van der Waals surface area contributed by atoms with Crippen molar-refractivity contribution in [2.45, 2.75) is 52.0 Å². The predicted molar refractivity (Wildman–Crippen MR) is 71.8 cm³/mol. The van der Waals surface area contributed by atoms with Gasteiger partial charge in [-0.05, 0) is 43.9 Å². The molecule has 0 heterocycles. The van der Waals surface area contributed by atoms with Crippen LogP contribution in [0, 0.1) is 17.3 Å². The molecular formula is C14H24N2O3. The summed E-state index contributed by atoms with van der Waals surface area (Å²) < 4.78 is 0. The Bertz CT molecular complexity index is 356. The number of carbonyl (C=O) groups is 2. The quantitative estimate of drug-likeness (QED) is 0.729. The lowest BCUT2D eigenvalue weighted by atomic mass is 9.80. The number of nitrogens with one attached hydrogen (secondary N) is 2. The summed E-state index contributed by atoms with van der Waals surface area (Å²) in [5, 5.41) is 14.7. The number of hydrogen-bond donors (Lipinski definition) is 3. The van der Waals surface area contributed by atoms with Crippen molar-refractivity contribution in [3.05, 3.63) is 0 Å². The topological polar surface area (TPSA) is 78.4 Å². The molecule has 2 unspecified atom stereocenters. The second-order valence-corrected chi connectivity index (χ2v) is 6.53. The first-order valence-electron chi connectivity index (χ1n) is 7.19. The molecule has 3 N–H and O–H groups in total. The van der Waals surface area contributed by atoms with Gasteiger partial charge in [0, 0.05) is 12.6 Å². The van der Waals surface area contributed by atoms with Gasteiger partial charge in [0.1, 0.15) is 0 Å². The zero-order valence-corrected chi connectivity index (χ0v) is 11.7. The molecule has 0 radical (unpaired) electrons. The molecule has 2 aliphatic carbocycles. The van der Waals surface area contributed by atoms with Crippen LogP contribution in [0.1, 0.15) is 46.0 Å². The predicted octanol–water partition coefficient (Wildman–Crippen LogP) is 1.98. The number of carboxylic acids is 1. The van der Waals surface area contributed by atoms with Crippen molar-refractivity contribution < 1.29 is 14.7 Å². The van der Waals surface area contributed by atoms with Gasteiger partial charge in [-0.3, -0.25) is 4.79 Å². The number of urea groups is 1. The number of amides is 2. The van der Waals surface area contributed by atoms with Gasteiger partial charge < -0.3 is 15.7 Å². The molecule has 0 bridgehead atoms. The van der Waals surface area contributed by atoms with Gasteiger partial charge in [0.15, 0.2) is 0 Å². The van der Waals surface area contributed by atoms with Crippen molar-refractivity contribution in [1.29, 1.82) is 0 Å². The van der Waals surface area contributed by atoms with Crippen molar-refractivity contribution in [3.63, 3.8) is 0 Å². The van der Waals surface area contributed by atoms with Crippen molar-refractivity contribution >= 4 is 12.0 Å². The summed E-state index contributed by atoms with van der Waals surface area (Å²) in [6.07, 6.45) is 4.59. The molecule has 2 fully saturated rings. The van der Waals surface area contributed by atoms with E-state index in [-0.39, 0.29) is 18.6 Å². The van der Waals surface area contributed by atoms with E-state index in [0.29, 0.717) is 24.7 Å². The summed E-state index contributed by atoms with van der Waals surface area (Å²) >= 11 is 0. The van der Waals surface area contributed by atoms with Gasteiger partial charge in [0.2, 0.25) is 0 Å². The first kappa shape index (κ1) is 14.2. The fraction of sp³-hybridized carbons (Fsp3) is 0.857. The van der Waals surface area contributed by atoms with Crippen molar-refractivity contribution in [2.75, 3.05) is 6.54 Å². The summed E-state index contributed by atoms with van der Waals surface area (Å²) in [5.74, 6) is 0.485. The van der Waals surface area contributed by atoms with Gasteiger partial charge in [0.25, 0.3) is 0 Å². The van der Waals surface area contributed by atoms with E-state index in [1.165, 1.54) is 6.42 Å². The lowest BCUT2D eigenvalue weighted by Gasteiger charge is -2.32. The fourth-order valence-corrected chi connectivity index (χ4v) is 3.17. The standard InChI is InChI=1S/C14H24N2O3/c1-9-5-10(2)7-11(6-9)16-13(19)15-8-14(3-4-14)12(17)18/h9-11H,3-8H2,1-2H3,(H,17,18)(H2,15,16,19). The van der Waals surface area contributed by atoms with E-state index in [1.807, 2.05) is 0 Å². The van der Waals surface area contributed by atoms with Gasteiger partial charge in [-0.1, -0.05) is 13.8 Å². The van der Waals surface area contributed by atoms with E-state index in [0.717, 1.165) is 12.8 Å². The van der Waals surface area contributed by atoms with Crippen LogP contribution in [0.5, 0.6) is 0 Å². The Hall–Kier alpha value is -1.26. The van der Waals surface area contributed by atoms with Crippen LogP contribution in [0.2, 0.25) is 0 Å². The zero-order chi connectivity index (χ0) is 14.0. The van der Waals surface area contributed by atoms with E-state index in [1.54, 1.807) is 0 Å². The van der Waals surface area contributed by atoms with Crippen molar-refractivity contribution in [2.24, 2.45) is 17.3 Å². The first-order chi connectivity index (χ1) is 8.91. The van der Waals surface area contributed by atoms with Crippen LogP contribution < -0.4 is 10.6 Å². The molecule has 0 aliphatic heterocycles. The second-order valence-electron chi connectivity index (χ2n) is 6.53. The Balaban J connectivity index is 1.74. The Morgan fingerprint density at radius 1 is 1.16 bits per heavy atom. The lowest BCUT2D eigenvalue weighted by Crippen LogP contribution is -2.47. The molecule has 0 saturated heterocycles. The molecule has 19 heavy (non-hydrogen) atoms. The summed E-state index contributed by atoms with van der Waals surface area (Å²) in [7, 11) is 0. The van der Waals surface area contributed by atoms with E-state index in [9.17, 15) is 9.59 Å². The van der Waals surface area contributed by atoms with Crippen LogP contribution in [0.3, 0.4) is 0 Å².